The van der Waals surface area contributed by atoms with Crippen molar-refractivity contribution in [2.24, 2.45) is 7.05 Å². The summed E-state index contributed by atoms with van der Waals surface area (Å²) in [6.45, 7) is 3.43. The van der Waals surface area contributed by atoms with Crippen molar-refractivity contribution in [1.82, 2.24) is 24.3 Å². The first-order valence-corrected chi connectivity index (χ1v) is 11.6. The van der Waals surface area contributed by atoms with Gasteiger partial charge in [-0.2, -0.15) is 10.1 Å². The van der Waals surface area contributed by atoms with E-state index in [1.165, 1.54) is 16.8 Å². The third-order valence-electron chi connectivity index (χ3n) is 5.45. The molecule has 10 nitrogen and oxygen atoms in total. The van der Waals surface area contributed by atoms with Crippen molar-refractivity contribution in [3.8, 4) is 17.2 Å². The second-order valence-corrected chi connectivity index (χ2v) is 8.55. The van der Waals surface area contributed by atoms with Crippen LogP contribution in [0.1, 0.15) is 0 Å². The summed E-state index contributed by atoms with van der Waals surface area (Å²) < 4.78 is 36.1. The quantitative estimate of drug-likeness (QED) is 0.214. The van der Waals surface area contributed by atoms with Crippen LogP contribution in [-0.2, 0) is 11.8 Å². The lowest BCUT2D eigenvalue weighted by molar-refractivity contribution is -0.111. The fraction of sp³-hybridized carbons (Fsp3) is 0.0385. The van der Waals surface area contributed by atoms with Gasteiger partial charge < -0.3 is 15.4 Å². The average Bonchev–Trinajstić information content (AvgIpc) is 3.33. The highest BCUT2D eigenvalue weighted by molar-refractivity contribution is 6.32. The number of pyridine rings is 1. The Morgan fingerprint density at radius 3 is 2.69 bits per heavy atom. The topological polar surface area (TPSA) is 116 Å². The largest absolute Gasteiger partial charge is 0.450 e. The minimum absolute atomic E-state index is 0.178. The summed E-state index contributed by atoms with van der Waals surface area (Å²) in [6, 6.07) is 9.73. The number of nitrogens with one attached hydrogen (secondary N) is 2. The highest BCUT2D eigenvalue weighted by Crippen LogP contribution is 2.33. The van der Waals surface area contributed by atoms with Crippen LogP contribution in [0.4, 0.5) is 26.1 Å². The molecule has 5 rings (SSSR count). The van der Waals surface area contributed by atoms with E-state index in [1.54, 1.807) is 48.4 Å². The number of benzene rings is 2. The van der Waals surface area contributed by atoms with Crippen molar-refractivity contribution in [3.05, 3.63) is 101 Å². The molecular weight excluding hydrogens is 532 g/mol. The number of rotatable bonds is 7. The second-order valence-electron chi connectivity index (χ2n) is 8.17. The lowest BCUT2D eigenvalue weighted by atomic mass is 10.2. The number of aryl methyl sites for hydroxylation is 1. The van der Waals surface area contributed by atoms with Gasteiger partial charge in [-0.05, 0) is 42.5 Å². The molecule has 0 saturated carbocycles. The fourth-order valence-electron chi connectivity index (χ4n) is 3.68. The number of ether oxygens (including phenoxy) is 1. The Labute approximate surface area is 224 Å². The summed E-state index contributed by atoms with van der Waals surface area (Å²) in [5.74, 6) is -3.26. The molecule has 2 aromatic carbocycles. The van der Waals surface area contributed by atoms with Crippen LogP contribution >= 0.6 is 11.6 Å². The van der Waals surface area contributed by atoms with E-state index in [4.69, 9.17) is 16.3 Å². The number of carbonyl (C=O) groups is 1. The Hall–Kier alpha value is -5.10. The summed E-state index contributed by atoms with van der Waals surface area (Å²) in [6.07, 6.45) is 5.86. The third-order valence-corrected chi connectivity index (χ3v) is 5.80. The molecule has 0 bridgehead atoms. The van der Waals surface area contributed by atoms with Crippen molar-refractivity contribution in [2.75, 3.05) is 10.6 Å². The normalized spacial score (nSPS) is 10.9. The van der Waals surface area contributed by atoms with E-state index in [-0.39, 0.29) is 23.1 Å². The number of fused-ring (bicyclic) bond motifs is 1. The zero-order valence-corrected chi connectivity index (χ0v) is 20.9. The number of halogens is 3. The van der Waals surface area contributed by atoms with Crippen LogP contribution in [0.5, 0.6) is 11.5 Å². The summed E-state index contributed by atoms with van der Waals surface area (Å²) in [7, 11) is 1.75. The lowest BCUT2D eigenvalue weighted by Crippen LogP contribution is -2.21. The number of nitrogens with zero attached hydrogens (tertiary/aromatic N) is 5. The predicted octanol–water partition coefficient (Wildman–Crippen LogP) is 5.11. The molecule has 3 aromatic heterocycles. The zero-order chi connectivity index (χ0) is 27.7. The first-order chi connectivity index (χ1) is 18.7. The van der Waals surface area contributed by atoms with Gasteiger partial charge >= 0.3 is 0 Å². The highest BCUT2D eigenvalue weighted by Gasteiger charge is 2.19. The molecule has 39 heavy (non-hydrogen) atoms. The Balaban J connectivity index is 1.68. The molecule has 0 radical (unpaired) electrons. The summed E-state index contributed by atoms with van der Waals surface area (Å²) in [4.78, 5) is 34.4. The monoisotopic (exact) mass is 549 g/mol. The van der Waals surface area contributed by atoms with Crippen LogP contribution in [0, 0.1) is 11.6 Å². The molecule has 0 aliphatic heterocycles. The van der Waals surface area contributed by atoms with E-state index in [1.807, 2.05) is 0 Å². The summed E-state index contributed by atoms with van der Waals surface area (Å²) in [5, 5.41) is 9.50. The number of anilines is 3. The lowest BCUT2D eigenvalue weighted by Gasteiger charge is -2.15. The van der Waals surface area contributed by atoms with E-state index in [0.29, 0.717) is 22.4 Å². The number of hydrogen-bond donors (Lipinski definition) is 2. The van der Waals surface area contributed by atoms with Crippen molar-refractivity contribution in [2.45, 2.75) is 0 Å². The molecule has 0 aliphatic carbocycles. The molecule has 0 fully saturated rings. The van der Waals surface area contributed by atoms with E-state index in [0.717, 1.165) is 18.2 Å². The minimum Gasteiger partial charge on any atom is -0.450 e. The number of amides is 1. The maximum absolute atomic E-state index is 14.0. The molecular formula is C26H18ClF2N7O3. The smallest absolute Gasteiger partial charge is 0.299 e. The van der Waals surface area contributed by atoms with Crippen molar-refractivity contribution < 1.29 is 18.3 Å². The van der Waals surface area contributed by atoms with Crippen molar-refractivity contribution in [1.29, 1.82) is 0 Å². The van der Waals surface area contributed by atoms with Gasteiger partial charge in [-0.25, -0.2) is 13.8 Å². The van der Waals surface area contributed by atoms with E-state index < -0.39 is 28.1 Å². The SMILES string of the molecule is C=CC(=O)Nc1cccc(-n2c(=O)c(Oc3ccc(F)c(F)c3Cl)cc3cnc(Nc4cnn(C)c4)nc32)c1. The second kappa shape index (κ2) is 10.3. The van der Waals surface area contributed by atoms with E-state index in [9.17, 15) is 18.4 Å². The maximum atomic E-state index is 14.0. The van der Waals surface area contributed by atoms with Crippen molar-refractivity contribution in [3.63, 3.8) is 0 Å². The van der Waals surface area contributed by atoms with Gasteiger partial charge in [0, 0.05) is 30.5 Å². The fourth-order valence-corrected chi connectivity index (χ4v) is 3.87. The highest BCUT2D eigenvalue weighted by atomic mass is 35.5. The van der Waals surface area contributed by atoms with Crippen LogP contribution in [0.15, 0.2) is 78.5 Å². The van der Waals surface area contributed by atoms with Gasteiger partial charge in [0.05, 0.1) is 17.6 Å². The molecule has 2 N–H and O–H groups in total. The van der Waals surface area contributed by atoms with Crippen LogP contribution in [0.3, 0.4) is 0 Å². The molecule has 13 heteroatoms. The Bertz CT molecular complexity index is 1820. The number of aromatic nitrogens is 5. The number of hydrogen-bond acceptors (Lipinski definition) is 7. The summed E-state index contributed by atoms with van der Waals surface area (Å²) in [5.41, 5.74) is 0.821. The van der Waals surface area contributed by atoms with Gasteiger partial charge in [-0.1, -0.05) is 24.2 Å². The molecule has 0 saturated heterocycles. The van der Waals surface area contributed by atoms with Gasteiger partial charge in [0.1, 0.15) is 10.8 Å². The Morgan fingerprint density at radius 1 is 1.13 bits per heavy atom. The molecule has 0 unspecified atom stereocenters. The van der Waals surface area contributed by atoms with E-state index >= 15 is 0 Å². The molecule has 0 atom stereocenters. The number of carbonyl (C=O) groups excluding carboxylic acids is 1. The van der Waals surface area contributed by atoms with Crippen LogP contribution in [-0.4, -0.2) is 30.2 Å². The van der Waals surface area contributed by atoms with Gasteiger partial charge in [0.15, 0.2) is 23.0 Å². The van der Waals surface area contributed by atoms with Gasteiger partial charge in [-0.15, -0.1) is 0 Å². The van der Waals surface area contributed by atoms with E-state index in [2.05, 4.69) is 32.3 Å². The maximum Gasteiger partial charge on any atom is 0.299 e. The molecule has 0 spiro atoms. The Kier molecular flexibility index (Phi) is 6.77. The first-order valence-electron chi connectivity index (χ1n) is 11.3. The van der Waals surface area contributed by atoms with Crippen LogP contribution < -0.4 is 20.9 Å². The van der Waals surface area contributed by atoms with Crippen LogP contribution in [0.2, 0.25) is 5.02 Å². The Morgan fingerprint density at radius 2 is 1.95 bits per heavy atom. The average molecular weight is 550 g/mol. The first kappa shape index (κ1) is 25.5. The molecule has 5 aromatic rings. The van der Waals surface area contributed by atoms with Crippen LogP contribution in [0.25, 0.3) is 16.7 Å². The zero-order valence-electron chi connectivity index (χ0n) is 20.2. The molecule has 3 heterocycles. The molecule has 0 aliphatic rings. The van der Waals surface area contributed by atoms with Gasteiger partial charge in [0.25, 0.3) is 5.56 Å². The van der Waals surface area contributed by atoms with Gasteiger partial charge in [-0.3, -0.25) is 18.8 Å². The summed E-state index contributed by atoms with van der Waals surface area (Å²) >= 11 is 5.92. The van der Waals surface area contributed by atoms with Gasteiger partial charge in [0.2, 0.25) is 11.9 Å². The molecule has 196 valence electrons. The minimum atomic E-state index is -1.31. The van der Waals surface area contributed by atoms with Crippen molar-refractivity contribution >= 4 is 45.9 Å². The third kappa shape index (κ3) is 5.18. The predicted molar refractivity (Wildman–Crippen MR) is 142 cm³/mol. The molecule has 1 amide bonds. The standard InChI is InChI=1S/C26H18ClF2N7O3/c1-3-21(37)32-15-5-4-6-17(10-15)36-24-14(11-30-26(34-24)33-16-12-31-35(2)13-16)9-20(25(36)38)39-19-8-7-18(28)23(29)22(19)27/h3-13H,1H2,2H3,(H,32,37)(H,30,33,34).